The molecule has 0 aliphatic heterocycles. The van der Waals surface area contributed by atoms with E-state index in [1.165, 1.54) is 27.8 Å². The Labute approximate surface area is 122 Å². The van der Waals surface area contributed by atoms with Gasteiger partial charge < -0.3 is 5.73 Å². The largest absolute Gasteiger partial charge is 0.327 e. The van der Waals surface area contributed by atoms with Crippen molar-refractivity contribution in [3.05, 3.63) is 59.2 Å². The molecule has 20 heavy (non-hydrogen) atoms. The van der Waals surface area contributed by atoms with Gasteiger partial charge in [-0.2, -0.15) is 0 Å². The first-order valence-corrected chi connectivity index (χ1v) is 7.39. The minimum Gasteiger partial charge on any atom is -0.327 e. The van der Waals surface area contributed by atoms with Crippen molar-refractivity contribution in [2.24, 2.45) is 11.7 Å². The van der Waals surface area contributed by atoms with Crippen molar-refractivity contribution in [2.75, 3.05) is 0 Å². The van der Waals surface area contributed by atoms with E-state index in [1.54, 1.807) is 0 Å². The van der Waals surface area contributed by atoms with Gasteiger partial charge in [0.1, 0.15) is 0 Å². The van der Waals surface area contributed by atoms with E-state index in [9.17, 15) is 0 Å². The summed E-state index contributed by atoms with van der Waals surface area (Å²) >= 11 is 0. The summed E-state index contributed by atoms with van der Waals surface area (Å²) in [6.07, 6.45) is 0.949. The Balaban J connectivity index is 2.17. The van der Waals surface area contributed by atoms with E-state index < -0.39 is 0 Å². The highest BCUT2D eigenvalue weighted by atomic mass is 14.6. The van der Waals surface area contributed by atoms with Gasteiger partial charge in [-0.1, -0.05) is 56.3 Å². The maximum Gasteiger partial charge on any atom is 0.0102 e. The fourth-order valence-corrected chi connectivity index (χ4v) is 2.26. The molecular formula is C19H25N. The van der Waals surface area contributed by atoms with E-state index in [1.807, 2.05) is 0 Å². The predicted octanol–water partition coefficient (Wildman–Crippen LogP) is 4.50. The molecule has 0 heterocycles. The summed E-state index contributed by atoms with van der Waals surface area (Å²) in [5.74, 6) is 0.523. The number of hydrogen-bond donors (Lipinski definition) is 1. The molecule has 0 aromatic heterocycles. The predicted molar refractivity (Wildman–Crippen MR) is 87.9 cm³/mol. The Morgan fingerprint density at radius 3 is 2.00 bits per heavy atom. The Bertz CT molecular complexity index is 567. The molecule has 2 N–H and O–H groups in total. The third-order valence-electron chi connectivity index (χ3n) is 4.12. The fourth-order valence-electron chi connectivity index (χ4n) is 2.26. The van der Waals surface area contributed by atoms with Crippen LogP contribution in [0, 0.1) is 19.8 Å². The molecule has 0 amide bonds. The number of nitrogens with two attached hydrogens (primary N) is 1. The Kier molecular flexibility index (Phi) is 4.61. The van der Waals surface area contributed by atoms with Crippen LogP contribution in [0.25, 0.3) is 11.1 Å². The molecule has 0 radical (unpaired) electrons. The summed E-state index contributed by atoms with van der Waals surface area (Å²) in [5.41, 5.74) is 12.7. The summed E-state index contributed by atoms with van der Waals surface area (Å²) in [6, 6.07) is 15.7. The third-order valence-corrected chi connectivity index (χ3v) is 4.12. The van der Waals surface area contributed by atoms with Crippen molar-refractivity contribution in [3.8, 4) is 11.1 Å². The molecule has 0 saturated carbocycles. The van der Waals surface area contributed by atoms with Crippen LogP contribution in [-0.4, -0.2) is 6.04 Å². The SMILES string of the molecule is Cc1ccc(-c2ccc(CC(N)C(C)C)cc2)cc1C. The maximum atomic E-state index is 6.13. The van der Waals surface area contributed by atoms with Gasteiger partial charge in [0.05, 0.1) is 0 Å². The lowest BCUT2D eigenvalue weighted by Crippen LogP contribution is -2.28. The van der Waals surface area contributed by atoms with Gasteiger partial charge in [-0.25, -0.2) is 0 Å². The van der Waals surface area contributed by atoms with Crippen LogP contribution in [0.1, 0.15) is 30.5 Å². The van der Waals surface area contributed by atoms with Crippen molar-refractivity contribution in [1.82, 2.24) is 0 Å². The zero-order valence-corrected chi connectivity index (χ0v) is 13.0. The number of rotatable bonds is 4. The highest BCUT2D eigenvalue weighted by Gasteiger charge is 2.08. The standard InChI is InChI=1S/C19H25N/c1-13(2)19(20)12-16-6-9-17(10-7-16)18-8-5-14(3)15(4)11-18/h5-11,13,19H,12,20H2,1-4H3. The molecule has 0 spiro atoms. The molecule has 2 aromatic rings. The van der Waals surface area contributed by atoms with E-state index >= 15 is 0 Å². The van der Waals surface area contributed by atoms with Crippen LogP contribution in [0.3, 0.4) is 0 Å². The van der Waals surface area contributed by atoms with Gasteiger partial charge in [0, 0.05) is 6.04 Å². The summed E-state index contributed by atoms with van der Waals surface area (Å²) in [6.45, 7) is 8.66. The zero-order chi connectivity index (χ0) is 14.7. The molecular weight excluding hydrogens is 242 g/mol. The van der Waals surface area contributed by atoms with Gasteiger partial charge in [-0.05, 0) is 54.0 Å². The summed E-state index contributed by atoms with van der Waals surface area (Å²) < 4.78 is 0. The molecule has 0 aliphatic rings. The van der Waals surface area contributed by atoms with E-state index in [-0.39, 0.29) is 6.04 Å². The smallest absolute Gasteiger partial charge is 0.0102 e. The Morgan fingerprint density at radius 2 is 1.45 bits per heavy atom. The van der Waals surface area contributed by atoms with Gasteiger partial charge in [0.15, 0.2) is 0 Å². The molecule has 0 fully saturated rings. The lowest BCUT2D eigenvalue weighted by atomic mass is 9.95. The van der Waals surface area contributed by atoms with Crippen molar-refractivity contribution < 1.29 is 0 Å². The van der Waals surface area contributed by atoms with Crippen LogP contribution in [0.15, 0.2) is 42.5 Å². The average Bonchev–Trinajstić information content (AvgIpc) is 2.42. The second kappa shape index (κ2) is 6.23. The molecule has 1 unspecified atom stereocenters. The van der Waals surface area contributed by atoms with Crippen LogP contribution < -0.4 is 5.73 Å². The monoisotopic (exact) mass is 267 g/mol. The second-order valence-corrected chi connectivity index (χ2v) is 6.11. The van der Waals surface area contributed by atoms with Crippen molar-refractivity contribution >= 4 is 0 Å². The summed E-state index contributed by atoms with van der Waals surface area (Å²) in [7, 11) is 0. The zero-order valence-electron chi connectivity index (χ0n) is 13.0. The van der Waals surface area contributed by atoms with Gasteiger partial charge in [-0.15, -0.1) is 0 Å². The first-order chi connectivity index (χ1) is 9.47. The molecule has 0 saturated heterocycles. The lowest BCUT2D eigenvalue weighted by Gasteiger charge is -2.15. The molecule has 1 nitrogen and oxygen atoms in total. The molecule has 1 atom stereocenters. The lowest BCUT2D eigenvalue weighted by molar-refractivity contribution is 0.490. The highest BCUT2D eigenvalue weighted by molar-refractivity contribution is 5.65. The van der Waals surface area contributed by atoms with E-state index in [0.29, 0.717) is 5.92 Å². The Morgan fingerprint density at radius 1 is 0.850 bits per heavy atom. The van der Waals surface area contributed by atoms with Gasteiger partial charge in [-0.3, -0.25) is 0 Å². The number of hydrogen-bond acceptors (Lipinski definition) is 1. The quantitative estimate of drug-likeness (QED) is 0.867. The van der Waals surface area contributed by atoms with Gasteiger partial charge in [0.25, 0.3) is 0 Å². The molecule has 0 aliphatic carbocycles. The van der Waals surface area contributed by atoms with E-state index in [4.69, 9.17) is 5.73 Å². The minimum absolute atomic E-state index is 0.238. The van der Waals surface area contributed by atoms with Crippen LogP contribution in [0.5, 0.6) is 0 Å². The van der Waals surface area contributed by atoms with Crippen LogP contribution >= 0.6 is 0 Å². The van der Waals surface area contributed by atoms with Crippen LogP contribution in [-0.2, 0) is 6.42 Å². The molecule has 1 heteroatoms. The van der Waals surface area contributed by atoms with E-state index in [0.717, 1.165) is 6.42 Å². The third kappa shape index (κ3) is 3.49. The van der Waals surface area contributed by atoms with E-state index in [2.05, 4.69) is 70.2 Å². The van der Waals surface area contributed by atoms with Crippen molar-refractivity contribution in [3.63, 3.8) is 0 Å². The average molecular weight is 267 g/mol. The van der Waals surface area contributed by atoms with Crippen LogP contribution in [0.4, 0.5) is 0 Å². The number of aryl methyl sites for hydroxylation is 2. The summed E-state index contributed by atoms with van der Waals surface area (Å²) in [4.78, 5) is 0. The molecule has 2 aromatic carbocycles. The first kappa shape index (κ1) is 14.8. The molecule has 0 bridgehead atoms. The van der Waals surface area contributed by atoms with Crippen molar-refractivity contribution in [2.45, 2.75) is 40.2 Å². The van der Waals surface area contributed by atoms with Crippen LogP contribution in [0.2, 0.25) is 0 Å². The first-order valence-electron chi connectivity index (χ1n) is 7.39. The molecule has 2 rings (SSSR count). The molecule has 106 valence electrons. The van der Waals surface area contributed by atoms with Crippen molar-refractivity contribution in [1.29, 1.82) is 0 Å². The topological polar surface area (TPSA) is 26.0 Å². The number of benzene rings is 2. The fraction of sp³-hybridized carbons (Fsp3) is 0.368. The van der Waals surface area contributed by atoms with Gasteiger partial charge in [0.2, 0.25) is 0 Å². The summed E-state index contributed by atoms with van der Waals surface area (Å²) in [5, 5.41) is 0. The maximum absolute atomic E-state index is 6.13. The minimum atomic E-state index is 0.238. The normalized spacial score (nSPS) is 12.7. The highest BCUT2D eigenvalue weighted by Crippen LogP contribution is 2.23. The van der Waals surface area contributed by atoms with Gasteiger partial charge >= 0.3 is 0 Å². The second-order valence-electron chi connectivity index (χ2n) is 6.11. The Hall–Kier alpha value is -1.60.